The number of aliphatic imine (C=N–C) groups is 1. The number of nitrogens with one attached hydrogen (secondary N) is 3. The van der Waals surface area contributed by atoms with E-state index in [1.165, 1.54) is 12.5 Å². The molecule has 0 aliphatic heterocycles. The fourth-order valence-corrected chi connectivity index (χ4v) is 2.85. The SMILES string of the molecule is CC(=O)Nc1cccc(C(=O)NC(=NCc2ccncc2)Nc2ccc(C)c(C)c2)c1. The number of nitrogens with zero attached hydrogens (tertiary/aromatic N) is 2. The molecule has 0 fully saturated rings. The molecule has 2 aromatic carbocycles. The lowest BCUT2D eigenvalue weighted by Crippen LogP contribution is -2.36. The Morgan fingerprint density at radius 1 is 0.903 bits per heavy atom. The van der Waals surface area contributed by atoms with E-state index in [2.05, 4.69) is 25.9 Å². The second-order valence-electron chi connectivity index (χ2n) is 7.16. The fraction of sp³-hybridized carbons (Fsp3) is 0.167. The van der Waals surface area contributed by atoms with Crippen LogP contribution in [0.5, 0.6) is 0 Å². The Labute approximate surface area is 181 Å². The standard InChI is InChI=1S/C24H25N5O2/c1-16-7-8-22(13-17(16)2)28-24(26-15-19-9-11-25-12-10-19)29-23(31)20-5-4-6-21(14-20)27-18(3)30/h4-14H,15H2,1-3H3,(H,27,30)(H2,26,28,29,31). The Bertz CT molecular complexity index is 1110. The van der Waals surface area contributed by atoms with E-state index in [4.69, 9.17) is 0 Å². The molecule has 158 valence electrons. The third kappa shape index (κ3) is 6.50. The van der Waals surface area contributed by atoms with Crippen molar-refractivity contribution in [2.24, 2.45) is 4.99 Å². The van der Waals surface area contributed by atoms with Crippen LogP contribution in [0.25, 0.3) is 0 Å². The average molecular weight is 415 g/mol. The number of carbonyl (C=O) groups excluding carboxylic acids is 2. The van der Waals surface area contributed by atoms with E-state index >= 15 is 0 Å². The lowest BCUT2D eigenvalue weighted by molar-refractivity contribution is -0.114. The largest absolute Gasteiger partial charge is 0.326 e. The highest BCUT2D eigenvalue weighted by molar-refractivity contribution is 6.10. The molecule has 0 atom stereocenters. The van der Waals surface area contributed by atoms with E-state index in [1.807, 2.05) is 44.2 Å². The maximum Gasteiger partial charge on any atom is 0.258 e. The quantitative estimate of drug-likeness (QED) is 0.433. The number of pyridine rings is 1. The lowest BCUT2D eigenvalue weighted by Gasteiger charge is -2.13. The topological polar surface area (TPSA) is 95.5 Å². The van der Waals surface area contributed by atoms with Gasteiger partial charge in [0.05, 0.1) is 6.54 Å². The molecule has 0 saturated carbocycles. The minimum absolute atomic E-state index is 0.200. The van der Waals surface area contributed by atoms with Gasteiger partial charge in [-0.25, -0.2) is 4.99 Å². The van der Waals surface area contributed by atoms with E-state index in [1.54, 1.807) is 36.7 Å². The summed E-state index contributed by atoms with van der Waals surface area (Å²) in [4.78, 5) is 32.7. The number of anilines is 2. The Morgan fingerprint density at radius 3 is 2.35 bits per heavy atom. The first kappa shape index (κ1) is 21.7. The number of aromatic nitrogens is 1. The van der Waals surface area contributed by atoms with Crippen molar-refractivity contribution < 1.29 is 9.59 Å². The van der Waals surface area contributed by atoms with E-state index in [0.717, 1.165) is 16.8 Å². The molecule has 7 heteroatoms. The zero-order chi connectivity index (χ0) is 22.2. The molecule has 31 heavy (non-hydrogen) atoms. The molecule has 2 amide bonds. The second kappa shape index (κ2) is 10.2. The summed E-state index contributed by atoms with van der Waals surface area (Å²) < 4.78 is 0. The molecule has 0 aliphatic rings. The summed E-state index contributed by atoms with van der Waals surface area (Å²) in [5.41, 5.74) is 5.06. The van der Waals surface area contributed by atoms with Crippen LogP contribution in [-0.4, -0.2) is 22.8 Å². The molecule has 0 radical (unpaired) electrons. The number of hydrogen-bond acceptors (Lipinski definition) is 4. The van der Waals surface area contributed by atoms with Crippen molar-refractivity contribution in [2.45, 2.75) is 27.3 Å². The first-order chi connectivity index (χ1) is 14.9. The van der Waals surface area contributed by atoms with Gasteiger partial charge in [-0.2, -0.15) is 0 Å². The molecule has 7 nitrogen and oxygen atoms in total. The molecular weight excluding hydrogens is 390 g/mol. The van der Waals surface area contributed by atoms with Crippen molar-refractivity contribution in [3.05, 3.63) is 89.2 Å². The minimum atomic E-state index is -0.336. The predicted molar refractivity (Wildman–Crippen MR) is 123 cm³/mol. The minimum Gasteiger partial charge on any atom is -0.326 e. The Balaban J connectivity index is 1.82. The van der Waals surface area contributed by atoms with Crippen molar-refractivity contribution in [3.8, 4) is 0 Å². The monoisotopic (exact) mass is 415 g/mol. The van der Waals surface area contributed by atoms with E-state index < -0.39 is 0 Å². The van der Waals surface area contributed by atoms with E-state index in [9.17, 15) is 9.59 Å². The molecule has 0 bridgehead atoms. The van der Waals surface area contributed by atoms with Gasteiger partial charge in [0.1, 0.15) is 0 Å². The normalized spacial score (nSPS) is 11.0. The second-order valence-corrected chi connectivity index (χ2v) is 7.16. The van der Waals surface area contributed by atoms with Crippen LogP contribution in [0, 0.1) is 13.8 Å². The van der Waals surface area contributed by atoms with Crippen LogP contribution in [0.4, 0.5) is 11.4 Å². The van der Waals surface area contributed by atoms with E-state index in [-0.39, 0.29) is 11.8 Å². The maximum atomic E-state index is 12.9. The summed E-state index contributed by atoms with van der Waals surface area (Å²) in [6.07, 6.45) is 3.40. The van der Waals surface area contributed by atoms with Gasteiger partial charge in [0.2, 0.25) is 11.9 Å². The van der Waals surface area contributed by atoms with E-state index in [0.29, 0.717) is 23.8 Å². The van der Waals surface area contributed by atoms with Gasteiger partial charge >= 0.3 is 0 Å². The number of carbonyl (C=O) groups is 2. The molecule has 3 N–H and O–H groups in total. The summed E-state index contributed by atoms with van der Waals surface area (Å²) in [5, 5.41) is 8.72. The highest BCUT2D eigenvalue weighted by Crippen LogP contribution is 2.15. The highest BCUT2D eigenvalue weighted by atomic mass is 16.2. The number of aryl methyl sites for hydroxylation is 2. The Hall–Kier alpha value is -4.00. The van der Waals surface area contributed by atoms with Gasteiger partial charge in [0, 0.05) is 36.3 Å². The summed E-state index contributed by atoms with van der Waals surface area (Å²) in [5.74, 6) is -0.208. The van der Waals surface area contributed by atoms with Crippen LogP contribution in [-0.2, 0) is 11.3 Å². The van der Waals surface area contributed by atoms with Crippen molar-refractivity contribution >= 4 is 29.1 Å². The molecule has 3 aromatic rings. The first-order valence-corrected chi connectivity index (χ1v) is 9.87. The molecule has 0 unspecified atom stereocenters. The average Bonchev–Trinajstić information content (AvgIpc) is 2.75. The van der Waals surface area contributed by atoms with Gasteiger partial charge in [-0.3, -0.25) is 19.9 Å². The van der Waals surface area contributed by atoms with Crippen LogP contribution >= 0.6 is 0 Å². The third-order valence-electron chi connectivity index (χ3n) is 4.62. The van der Waals surface area contributed by atoms with Crippen molar-refractivity contribution in [2.75, 3.05) is 10.6 Å². The highest BCUT2D eigenvalue weighted by Gasteiger charge is 2.11. The lowest BCUT2D eigenvalue weighted by atomic mass is 10.1. The van der Waals surface area contributed by atoms with Gasteiger partial charge in [0.15, 0.2) is 0 Å². The van der Waals surface area contributed by atoms with Gasteiger partial charge < -0.3 is 10.6 Å². The molecule has 0 aliphatic carbocycles. The molecule has 0 saturated heterocycles. The smallest absolute Gasteiger partial charge is 0.258 e. The third-order valence-corrected chi connectivity index (χ3v) is 4.62. The number of benzene rings is 2. The predicted octanol–water partition coefficient (Wildman–Crippen LogP) is 4.05. The number of amides is 2. The first-order valence-electron chi connectivity index (χ1n) is 9.87. The Kier molecular flexibility index (Phi) is 7.11. The number of rotatable bonds is 5. The van der Waals surface area contributed by atoms with Crippen LogP contribution in [0.15, 0.2) is 72.0 Å². The van der Waals surface area contributed by atoms with Gasteiger partial charge in [-0.15, -0.1) is 0 Å². The van der Waals surface area contributed by atoms with Crippen molar-refractivity contribution in [1.29, 1.82) is 0 Å². The van der Waals surface area contributed by atoms with Crippen LogP contribution in [0.3, 0.4) is 0 Å². The molecule has 1 aromatic heterocycles. The zero-order valence-electron chi connectivity index (χ0n) is 17.8. The van der Waals surface area contributed by atoms with Crippen molar-refractivity contribution in [3.63, 3.8) is 0 Å². The van der Waals surface area contributed by atoms with Gasteiger partial charge in [-0.1, -0.05) is 12.1 Å². The fourth-order valence-electron chi connectivity index (χ4n) is 2.85. The zero-order valence-corrected chi connectivity index (χ0v) is 17.8. The molecule has 0 spiro atoms. The molecule has 3 rings (SSSR count). The van der Waals surface area contributed by atoms with Crippen LogP contribution in [0.2, 0.25) is 0 Å². The number of hydrogen-bond donors (Lipinski definition) is 3. The summed E-state index contributed by atoms with van der Waals surface area (Å²) in [6, 6.07) is 16.4. The summed E-state index contributed by atoms with van der Waals surface area (Å²) >= 11 is 0. The van der Waals surface area contributed by atoms with Gasteiger partial charge in [0.25, 0.3) is 5.91 Å². The molecule has 1 heterocycles. The van der Waals surface area contributed by atoms with Crippen LogP contribution < -0.4 is 16.0 Å². The van der Waals surface area contributed by atoms with Gasteiger partial charge in [-0.05, 0) is 73.0 Å². The number of guanidine groups is 1. The van der Waals surface area contributed by atoms with Crippen LogP contribution in [0.1, 0.15) is 34.0 Å². The maximum absolute atomic E-state index is 12.9. The summed E-state index contributed by atoms with van der Waals surface area (Å²) in [6.45, 7) is 5.87. The Morgan fingerprint density at radius 2 is 1.65 bits per heavy atom. The molecular formula is C24H25N5O2. The van der Waals surface area contributed by atoms with Crippen molar-refractivity contribution in [1.82, 2.24) is 10.3 Å². The summed E-state index contributed by atoms with van der Waals surface area (Å²) in [7, 11) is 0.